The van der Waals surface area contributed by atoms with Gasteiger partial charge < -0.3 is 11.5 Å². The van der Waals surface area contributed by atoms with Crippen LogP contribution in [0.5, 0.6) is 0 Å². The van der Waals surface area contributed by atoms with Gasteiger partial charge in [-0.3, -0.25) is 0 Å². The smallest absolute Gasteiger partial charge is 0.0423 e. The van der Waals surface area contributed by atoms with Crippen LogP contribution in [0.3, 0.4) is 0 Å². The van der Waals surface area contributed by atoms with E-state index < -0.39 is 5.41 Å². The Morgan fingerprint density at radius 2 is 1.05 bits per heavy atom. The molecule has 0 aliphatic heterocycles. The molecule has 110 valence electrons. The van der Waals surface area contributed by atoms with E-state index in [1.807, 2.05) is 66.7 Å². The molecular weight excluding hydrogens is 268 g/mol. The van der Waals surface area contributed by atoms with E-state index in [-0.39, 0.29) is 6.90 Å². The van der Waals surface area contributed by atoms with Crippen molar-refractivity contribution in [2.24, 2.45) is 0 Å². The SMILES string of the molecule is [2H]CC(c1ccccc1)(c1ccc(N)cc1)c1ccc(N)cc1. The van der Waals surface area contributed by atoms with E-state index in [0.29, 0.717) is 0 Å². The molecule has 22 heavy (non-hydrogen) atoms. The van der Waals surface area contributed by atoms with Gasteiger partial charge in [0.2, 0.25) is 0 Å². The molecule has 3 aromatic rings. The summed E-state index contributed by atoms with van der Waals surface area (Å²) in [6.07, 6.45) is 0. The summed E-state index contributed by atoms with van der Waals surface area (Å²) < 4.78 is 8.37. The first-order valence-corrected chi connectivity index (χ1v) is 7.23. The fraction of sp³-hybridized carbons (Fsp3) is 0.100. The van der Waals surface area contributed by atoms with Gasteiger partial charge in [0, 0.05) is 18.2 Å². The zero-order valence-corrected chi connectivity index (χ0v) is 12.4. The number of nitrogen functional groups attached to an aromatic ring is 2. The minimum Gasteiger partial charge on any atom is -0.399 e. The largest absolute Gasteiger partial charge is 0.399 e. The molecule has 0 bridgehead atoms. The summed E-state index contributed by atoms with van der Waals surface area (Å²) in [5.74, 6) is 0. The molecule has 3 aromatic carbocycles. The fourth-order valence-electron chi connectivity index (χ4n) is 2.76. The molecule has 0 unspecified atom stereocenters. The van der Waals surface area contributed by atoms with Crippen molar-refractivity contribution in [3.8, 4) is 0 Å². The van der Waals surface area contributed by atoms with Crippen LogP contribution in [0, 0.1) is 0 Å². The van der Waals surface area contributed by atoms with Crippen molar-refractivity contribution in [3.63, 3.8) is 0 Å². The maximum Gasteiger partial charge on any atom is 0.0423 e. The van der Waals surface area contributed by atoms with Gasteiger partial charge in [0.25, 0.3) is 0 Å². The second kappa shape index (κ2) is 5.57. The Labute approximate surface area is 132 Å². The summed E-state index contributed by atoms with van der Waals surface area (Å²) in [4.78, 5) is 0. The maximum absolute atomic E-state index is 8.37. The van der Waals surface area contributed by atoms with E-state index in [1.165, 1.54) is 0 Å². The average Bonchev–Trinajstić information content (AvgIpc) is 2.60. The van der Waals surface area contributed by atoms with E-state index in [0.717, 1.165) is 28.1 Å². The third-order valence-corrected chi connectivity index (χ3v) is 4.07. The lowest BCUT2D eigenvalue weighted by molar-refractivity contribution is 0.693. The molecule has 0 saturated heterocycles. The van der Waals surface area contributed by atoms with Gasteiger partial charge in [-0.15, -0.1) is 0 Å². The van der Waals surface area contributed by atoms with Gasteiger partial charge in [0.05, 0.1) is 0 Å². The van der Waals surface area contributed by atoms with Gasteiger partial charge in [0.15, 0.2) is 0 Å². The highest BCUT2D eigenvalue weighted by molar-refractivity contribution is 5.54. The summed E-state index contributed by atoms with van der Waals surface area (Å²) in [6.45, 7) is 0.199. The van der Waals surface area contributed by atoms with Crippen LogP contribution in [0.1, 0.15) is 25.0 Å². The van der Waals surface area contributed by atoms with E-state index in [1.54, 1.807) is 0 Å². The number of rotatable bonds is 3. The molecule has 0 fully saturated rings. The minimum atomic E-state index is -0.539. The van der Waals surface area contributed by atoms with Crippen molar-refractivity contribution in [1.82, 2.24) is 0 Å². The Morgan fingerprint density at radius 1 is 0.636 bits per heavy atom. The van der Waals surface area contributed by atoms with Gasteiger partial charge in [-0.1, -0.05) is 54.6 Å². The molecule has 0 aliphatic carbocycles. The van der Waals surface area contributed by atoms with Crippen LogP contribution in [0.25, 0.3) is 0 Å². The summed E-state index contributed by atoms with van der Waals surface area (Å²) in [7, 11) is 0. The Hall–Kier alpha value is -2.74. The number of nitrogens with two attached hydrogens (primary N) is 2. The average molecular weight is 289 g/mol. The Kier molecular flexibility index (Phi) is 3.28. The monoisotopic (exact) mass is 289 g/mol. The second-order valence-electron chi connectivity index (χ2n) is 5.52. The van der Waals surface area contributed by atoms with Crippen LogP contribution in [0.2, 0.25) is 0 Å². The molecule has 0 aliphatic rings. The highest BCUT2D eigenvalue weighted by Crippen LogP contribution is 2.39. The maximum atomic E-state index is 8.37. The van der Waals surface area contributed by atoms with Gasteiger partial charge in [0.1, 0.15) is 0 Å². The van der Waals surface area contributed by atoms with Gasteiger partial charge in [-0.2, -0.15) is 0 Å². The molecule has 0 radical (unpaired) electrons. The first-order valence-electron chi connectivity index (χ1n) is 7.94. The van der Waals surface area contributed by atoms with Gasteiger partial charge in [-0.05, 0) is 47.9 Å². The van der Waals surface area contributed by atoms with Crippen molar-refractivity contribution in [2.45, 2.75) is 12.3 Å². The second-order valence-corrected chi connectivity index (χ2v) is 5.52. The Morgan fingerprint density at radius 3 is 1.45 bits per heavy atom. The predicted octanol–water partition coefficient (Wildman–Crippen LogP) is 4.21. The molecule has 0 saturated carbocycles. The number of benzene rings is 3. The zero-order chi connectivity index (χ0) is 16.3. The third kappa shape index (κ3) is 2.44. The third-order valence-electron chi connectivity index (χ3n) is 4.07. The normalized spacial score (nSPS) is 11.9. The summed E-state index contributed by atoms with van der Waals surface area (Å²) >= 11 is 0. The molecular formula is C20H20N2. The van der Waals surface area contributed by atoms with E-state index in [2.05, 4.69) is 12.1 Å². The molecule has 0 amide bonds. The van der Waals surface area contributed by atoms with Crippen LogP contribution in [0.15, 0.2) is 78.9 Å². The van der Waals surface area contributed by atoms with Crippen molar-refractivity contribution in [1.29, 1.82) is 0 Å². The summed E-state index contributed by atoms with van der Waals surface area (Å²) in [5.41, 5.74) is 15.8. The van der Waals surface area contributed by atoms with Crippen molar-refractivity contribution >= 4 is 11.4 Å². The molecule has 2 nitrogen and oxygen atoms in total. The quantitative estimate of drug-likeness (QED) is 0.560. The summed E-state index contributed by atoms with van der Waals surface area (Å²) in [6, 6.07) is 25.7. The van der Waals surface area contributed by atoms with Crippen LogP contribution >= 0.6 is 0 Å². The van der Waals surface area contributed by atoms with Crippen molar-refractivity contribution in [3.05, 3.63) is 95.6 Å². The molecule has 2 heteroatoms. The summed E-state index contributed by atoms with van der Waals surface area (Å²) in [5, 5.41) is 0. The molecule has 0 spiro atoms. The van der Waals surface area contributed by atoms with Crippen LogP contribution < -0.4 is 11.5 Å². The zero-order valence-electron chi connectivity index (χ0n) is 13.4. The lowest BCUT2D eigenvalue weighted by atomic mass is 9.71. The van der Waals surface area contributed by atoms with Crippen LogP contribution in [0.4, 0.5) is 11.4 Å². The van der Waals surface area contributed by atoms with Crippen LogP contribution in [-0.4, -0.2) is 0 Å². The highest BCUT2D eigenvalue weighted by atomic mass is 14.5. The number of anilines is 2. The highest BCUT2D eigenvalue weighted by Gasteiger charge is 2.30. The lowest BCUT2D eigenvalue weighted by Gasteiger charge is -2.32. The van der Waals surface area contributed by atoms with E-state index in [9.17, 15) is 0 Å². The van der Waals surface area contributed by atoms with Crippen LogP contribution in [-0.2, 0) is 5.41 Å². The molecule has 0 atom stereocenters. The molecule has 3 rings (SSSR count). The Balaban J connectivity index is 2.27. The lowest BCUT2D eigenvalue weighted by Crippen LogP contribution is -2.25. The molecule has 0 aromatic heterocycles. The van der Waals surface area contributed by atoms with Gasteiger partial charge >= 0.3 is 0 Å². The molecule has 0 heterocycles. The van der Waals surface area contributed by atoms with Gasteiger partial charge in [-0.25, -0.2) is 0 Å². The molecule has 4 N–H and O–H groups in total. The standard InChI is InChI=1S/C20H20N2/c1-20(15-5-3-2-4-6-15,16-7-11-18(21)12-8-16)17-9-13-19(22)14-10-17/h2-14H,21-22H2,1H3/i1D. The number of hydrogen-bond acceptors (Lipinski definition) is 2. The number of hydrogen-bond donors (Lipinski definition) is 2. The first-order chi connectivity index (χ1) is 11.2. The predicted molar refractivity (Wildman–Crippen MR) is 93.7 cm³/mol. The Bertz CT molecular complexity index is 720. The van der Waals surface area contributed by atoms with Crippen molar-refractivity contribution in [2.75, 3.05) is 11.5 Å². The first kappa shape index (κ1) is 13.0. The van der Waals surface area contributed by atoms with E-state index in [4.69, 9.17) is 12.8 Å². The van der Waals surface area contributed by atoms with E-state index >= 15 is 0 Å². The minimum absolute atomic E-state index is 0.199. The fourth-order valence-corrected chi connectivity index (χ4v) is 2.76. The van der Waals surface area contributed by atoms with Crippen molar-refractivity contribution < 1.29 is 1.37 Å². The topological polar surface area (TPSA) is 52.0 Å².